The van der Waals surface area contributed by atoms with Gasteiger partial charge in [-0.05, 0) is 29.7 Å². The Hall–Kier alpha value is -3.29. The van der Waals surface area contributed by atoms with Gasteiger partial charge in [-0.25, -0.2) is 4.39 Å². The van der Waals surface area contributed by atoms with Gasteiger partial charge in [-0.2, -0.15) is 4.98 Å². The Morgan fingerprint density at radius 1 is 1.29 bits per heavy atom. The number of rotatable bonds is 4. The lowest BCUT2D eigenvalue weighted by atomic mass is 10.0. The maximum Gasteiger partial charge on any atom is 0.250 e. The van der Waals surface area contributed by atoms with Gasteiger partial charge < -0.3 is 14.0 Å². The molecule has 0 unspecified atom stereocenters. The summed E-state index contributed by atoms with van der Waals surface area (Å²) in [5.41, 5.74) is 2.21. The summed E-state index contributed by atoms with van der Waals surface area (Å²) in [5, 5.41) is 3.80. The Labute approximate surface area is 160 Å². The maximum absolute atomic E-state index is 13.8. The van der Waals surface area contributed by atoms with E-state index >= 15 is 0 Å². The lowest BCUT2D eigenvalue weighted by Gasteiger charge is -2.29. The quantitative estimate of drug-likeness (QED) is 0.690. The number of pyridine rings is 1. The largest absolute Gasteiger partial charge is 0.339 e. The first kappa shape index (κ1) is 18.1. The van der Waals surface area contributed by atoms with Crippen LogP contribution in [0.25, 0.3) is 11.4 Å². The monoisotopic (exact) mass is 382 g/mol. The number of aromatic nitrogens is 3. The van der Waals surface area contributed by atoms with Crippen LogP contribution in [0.3, 0.4) is 0 Å². The fourth-order valence-corrected chi connectivity index (χ4v) is 3.33. The molecule has 3 aromatic rings. The van der Waals surface area contributed by atoms with Crippen molar-refractivity contribution in [1.29, 1.82) is 0 Å². The summed E-state index contributed by atoms with van der Waals surface area (Å²) in [6, 6.07) is 7.83. The van der Waals surface area contributed by atoms with Crippen molar-refractivity contribution in [3.8, 4) is 11.4 Å². The molecule has 8 heteroatoms. The number of hydrogen-bond donors (Lipinski definition) is 0. The Morgan fingerprint density at radius 3 is 2.93 bits per heavy atom. The Bertz CT molecular complexity index is 1090. The molecule has 1 aromatic carbocycles. The number of benzene rings is 1. The Morgan fingerprint density at radius 2 is 2.11 bits per heavy atom. The van der Waals surface area contributed by atoms with Gasteiger partial charge in [0.05, 0.1) is 5.56 Å². The summed E-state index contributed by atoms with van der Waals surface area (Å²) in [5.74, 6) is 0.0252. The van der Waals surface area contributed by atoms with Crippen molar-refractivity contribution in [2.45, 2.75) is 25.8 Å². The van der Waals surface area contributed by atoms with Gasteiger partial charge in [0.15, 0.2) is 0 Å². The van der Waals surface area contributed by atoms with Gasteiger partial charge in [-0.3, -0.25) is 9.59 Å². The van der Waals surface area contributed by atoms with Gasteiger partial charge in [0.2, 0.25) is 17.6 Å². The van der Waals surface area contributed by atoms with Crippen molar-refractivity contribution in [2.24, 2.45) is 7.05 Å². The number of nitrogens with zero attached hydrogens (tertiary/aromatic N) is 4. The fraction of sp³-hybridized carbons (Fsp3) is 0.300. The van der Waals surface area contributed by atoms with E-state index in [4.69, 9.17) is 4.52 Å². The standard InChI is InChI=1S/C20H19FN4O3/c1-24-11-14-12-25(9-8-13(14)10-19(24)27)18(26)7-6-17-22-20(23-28-17)15-4-2-3-5-16(15)21/h2-5,10-11H,6-9,12H2,1H3. The first-order chi connectivity index (χ1) is 13.5. The summed E-state index contributed by atoms with van der Waals surface area (Å²) >= 11 is 0. The minimum Gasteiger partial charge on any atom is -0.339 e. The predicted octanol–water partition coefficient (Wildman–Crippen LogP) is 2.09. The van der Waals surface area contributed by atoms with E-state index in [-0.39, 0.29) is 35.7 Å². The zero-order valence-electron chi connectivity index (χ0n) is 15.4. The van der Waals surface area contributed by atoms with Gasteiger partial charge in [-0.15, -0.1) is 0 Å². The first-order valence-electron chi connectivity index (χ1n) is 9.05. The Kier molecular flexibility index (Phi) is 4.77. The van der Waals surface area contributed by atoms with Gasteiger partial charge in [0.1, 0.15) is 5.82 Å². The number of fused-ring (bicyclic) bond motifs is 1. The molecule has 144 valence electrons. The molecule has 0 atom stereocenters. The molecule has 2 aromatic heterocycles. The average molecular weight is 382 g/mol. The summed E-state index contributed by atoms with van der Waals surface area (Å²) in [7, 11) is 1.70. The second kappa shape index (κ2) is 7.38. The second-order valence-electron chi connectivity index (χ2n) is 6.83. The molecule has 28 heavy (non-hydrogen) atoms. The smallest absolute Gasteiger partial charge is 0.250 e. The topological polar surface area (TPSA) is 81.2 Å². The van der Waals surface area contributed by atoms with Crippen molar-refractivity contribution < 1.29 is 13.7 Å². The highest BCUT2D eigenvalue weighted by molar-refractivity contribution is 5.76. The molecule has 0 spiro atoms. The third-order valence-corrected chi connectivity index (χ3v) is 4.91. The van der Waals surface area contributed by atoms with Crippen molar-refractivity contribution >= 4 is 5.91 Å². The summed E-state index contributed by atoms with van der Waals surface area (Å²) in [6.45, 7) is 1.05. The molecule has 0 radical (unpaired) electrons. The molecule has 0 N–H and O–H groups in total. The van der Waals surface area contributed by atoms with Gasteiger partial charge in [-0.1, -0.05) is 17.3 Å². The predicted molar refractivity (Wildman–Crippen MR) is 98.8 cm³/mol. The highest BCUT2D eigenvalue weighted by atomic mass is 19.1. The van der Waals surface area contributed by atoms with E-state index in [1.807, 2.05) is 0 Å². The molecule has 0 aliphatic carbocycles. The van der Waals surface area contributed by atoms with Crippen molar-refractivity contribution in [2.75, 3.05) is 6.54 Å². The van der Waals surface area contributed by atoms with E-state index in [0.29, 0.717) is 25.4 Å². The summed E-state index contributed by atoms with van der Waals surface area (Å²) < 4.78 is 20.5. The normalized spacial score (nSPS) is 13.4. The van der Waals surface area contributed by atoms with Crippen molar-refractivity contribution in [3.63, 3.8) is 0 Å². The molecule has 7 nitrogen and oxygen atoms in total. The minimum absolute atomic E-state index is 0.0230. The molecule has 4 rings (SSSR count). The number of hydrogen-bond acceptors (Lipinski definition) is 5. The van der Waals surface area contributed by atoms with Gasteiger partial charge >= 0.3 is 0 Å². The van der Waals surface area contributed by atoms with Crippen LogP contribution in [-0.2, 0) is 31.2 Å². The molecule has 1 aliphatic rings. The fourth-order valence-electron chi connectivity index (χ4n) is 3.33. The van der Waals surface area contributed by atoms with Crippen LogP contribution in [0.4, 0.5) is 4.39 Å². The van der Waals surface area contributed by atoms with Crippen LogP contribution in [0.2, 0.25) is 0 Å². The Balaban J connectivity index is 1.39. The zero-order chi connectivity index (χ0) is 19.7. The van der Waals surface area contributed by atoms with Gasteiger partial charge in [0, 0.05) is 45.2 Å². The number of carbonyl (C=O) groups excluding carboxylic acids is 1. The summed E-state index contributed by atoms with van der Waals surface area (Å²) in [6.07, 6.45) is 2.96. The number of amides is 1. The third kappa shape index (κ3) is 3.58. The van der Waals surface area contributed by atoms with Crippen molar-refractivity contribution in [3.05, 3.63) is 69.7 Å². The lowest BCUT2D eigenvalue weighted by molar-refractivity contribution is -0.132. The highest BCUT2D eigenvalue weighted by Crippen LogP contribution is 2.21. The molecule has 0 fully saturated rings. The van der Waals surface area contributed by atoms with Crippen LogP contribution in [0, 0.1) is 5.82 Å². The van der Waals surface area contributed by atoms with Crippen LogP contribution in [0.1, 0.15) is 23.4 Å². The van der Waals surface area contributed by atoms with E-state index < -0.39 is 5.82 Å². The van der Waals surface area contributed by atoms with Crippen molar-refractivity contribution in [1.82, 2.24) is 19.6 Å². The lowest BCUT2D eigenvalue weighted by Crippen LogP contribution is -2.37. The molecular weight excluding hydrogens is 363 g/mol. The van der Waals surface area contributed by atoms with Gasteiger partial charge in [0.25, 0.3) is 5.56 Å². The second-order valence-corrected chi connectivity index (χ2v) is 6.83. The number of carbonyl (C=O) groups is 1. The SMILES string of the molecule is Cn1cc2c(cc1=O)CCN(C(=O)CCc1nc(-c3ccccc3F)no1)C2. The minimum atomic E-state index is -0.424. The highest BCUT2D eigenvalue weighted by Gasteiger charge is 2.22. The zero-order valence-corrected chi connectivity index (χ0v) is 15.4. The molecule has 0 saturated carbocycles. The van der Waals surface area contributed by atoms with Crippen LogP contribution in [0.5, 0.6) is 0 Å². The van der Waals surface area contributed by atoms with Crippen LogP contribution < -0.4 is 5.56 Å². The molecule has 0 bridgehead atoms. The molecule has 1 amide bonds. The summed E-state index contributed by atoms with van der Waals surface area (Å²) in [4.78, 5) is 30.3. The molecular formula is C20H19FN4O3. The number of aryl methyl sites for hydroxylation is 2. The van der Waals surface area contributed by atoms with E-state index in [2.05, 4.69) is 10.1 Å². The number of halogens is 1. The van der Waals surface area contributed by atoms with E-state index in [1.54, 1.807) is 42.4 Å². The maximum atomic E-state index is 13.8. The first-order valence-corrected chi connectivity index (χ1v) is 9.05. The van der Waals surface area contributed by atoms with E-state index in [1.165, 1.54) is 10.6 Å². The van der Waals surface area contributed by atoms with Crippen LogP contribution in [-0.4, -0.2) is 32.1 Å². The van der Waals surface area contributed by atoms with Crippen LogP contribution in [0.15, 0.2) is 45.8 Å². The van der Waals surface area contributed by atoms with E-state index in [9.17, 15) is 14.0 Å². The third-order valence-electron chi connectivity index (χ3n) is 4.91. The van der Waals surface area contributed by atoms with Crippen LogP contribution >= 0.6 is 0 Å². The molecule has 0 saturated heterocycles. The molecule has 3 heterocycles. The average Bonchev–Trinajstić information content (AvgIpc) is 3.16. The molecule has 1 aliphatic heterocycles. The van der Waals surface area contributed by atoms with E-state index in [0.717, 1.165) is 11.1 Å².